The lowest BCUT2D eigenvalue weighted by Gasteiger charge is -2.01. The van der Waals surface area contributed by atoms with Crippen molar-refractivity contribution in [2.24, 2.45) is 5.73 Å². The maximum atomic E-state index is 5.59. The second kappa shape index (κ2) is 3.90. The number of rotatable bonds is 2. The minimum atomic E-state index is 0.580. The van der Waals surface area contributed by atoms with Gasteiger partial charge in [0.1, 0.15) is 0 Å². The summed E-state index contributed by atoms with van der Waals surface area (Å²) in [7, 11) is 0. The molecule has 2 rings (SSSR count). The van der Waals surface area contributed by atoms with E-state index in [1.54, 1.807) is 11.3 Å². The molecule has 0 aliphatic carbocycles. The molecule has 2 N–H and O–H groups in total. The predicted octanol–water partition coefficient (Wildman–Crippen LogP) is 2.58. The van der Waals surface area contributed by atoms with Crippen LogP contribution in [-0.2, 0) is 6.54 Å². The van der Waals surface area contributed by atoms with Gasteiger partial charge in [0, 0.05) is 17.0 Å². The van der Waals surface area contributed by atoms with Crippen LogP contribution in [0.2, 0.25) is 0 Å². The highest BCUT2D eigenvalue weighted by molar-refractivity contribution is 7.10. The minimum Gasteiger partial charge on any atom is -0.326 e. The molecule has 1 heterocycles. The second-order valence-corrected chi connectivity index (χ2v) is 4.22. The van der Waals surface area contributed by atoms with Gasteiger partial charge in [-0.05, 0) is 18.6 Å². The lowest BCUT2D eigenvalue weighted by Crippen LogP contribution is -1.95. The van der Waals surface area contributed by atoms with E-state index in [1.807, 2.05) is 17.6 Å². The molecule has 3 heteroatoms. The molecule has 0 fully saturated rings. The van der Waals surface area contributed by atoms with Gasteiger partial charge in [-0.2, -0.15) is 0 Å². The topological polar surface area (TPSA) is 38.9 Å². The highest BCUT2D eigenvalue weighted by atomic mass is 32.1. The van der Waals surface area contributed by atoms with Crippen LogP contribution in [0.25, 0.3) is 11.3 Å². The van der Waals surface area contributed by atoms with Gasteiger partial charge in [-0.1, -0.05) is 18.2 Å². The Morgan fingerprint density at radius 1 is 1.43 bits per heavy atom. The zero-order valence-corrected chi connectivity index (χ0v) is 8.84. The first-order chi connectivity index (χ1) is 6.81. The maximum Gasteiger partial charge on any atom is 0.0840 e. The van der Waals surface area contributed by atoms with E-state index in [2.05, 4.69) is 24.0 Å². The fourth-order valence-electron chi connectivity index (χ4n) is 1.43. The number of hydrogen-bond acceptors (Lipinski definition) is 3. The van der Waals surface area contributed by atoms with Crippen molar-refractivity contribution in [2.75, 3.05) is 0 Å². The normalized spacial score (nSPS) is 10.4. The van der Waals surface area contributed by atoms with Gasteiger partial charge in [0.25, 0.3) is 0 Å². The van der Waals surface area contributed by atoms with E-state index in [9.17, 15) is 0 Å². The van der Waals surface area contributed by atoms with E-state index >= 15 is 0 Å². The molecule has 2 nitrogen and oxygen atoms in total. The van der Waals surface area contributed by atoms with Crippen molar-refractivity contribution in [1.29, 1.82) is 0 Å². The van der Waals surface area contributed by atoms with Gasteiger partial charge in [-0.25, -0.2) is 4.98 Å². The summed E-state index contributed by atoms with van der Waals surface area (Å²) in [5.41, 5.74) is 10.8. The largest absolute Gasteiger partial charge is 0.326 e. The van der Waals surface area contributed by atoms with Crippen LogP contribution in [-0.4, -0.2) is 4.98 Å². The Hall–Kier alpha value is -1.19. The molecule has 1 aromatic heterocycles. The molecule has 1 aromatic carbocycles. The monoisotopic (exact) mass is 204 g/mol. The second-order valence-electron chi connectivity index (χ2n) is 3.16. The van der Waals surface area contributed by atoms with Crippen LogP contribution in [0.5, 0.6) is 0 Å². The van der Waals surface area contributed by atoms with E-state index in [1.165, 1.54) is 4.88 Å². The predicted molar refractivity (Wildman–Crippen MR) is 60.2 cm³/mol. The van der Waals surface area contributed by atoms with Gasteiger partial charge in [-0.15, -0.1) is 11.3 Å². The highest BCUT2D eigenvalue weighted by Gasteiger charge is 2.04. The molecule has 72 valence electrons. The molecule has 2 aromatic rings. The standard InChI is InChI=1S/C11H12N2S/c1-8-11(13-7-14-8)10-4-2-3-9(5-10)6-12/h2-5,7H,6,12H2,1H3. The molecule has 0 aliphatic rings. The Bertz CT molecular complexity index is 434. The average molecular weight is 204 g/mol. The lowest BCUT2D eigenvalue weighted by atomic mass is 10.1. The molecular formula is C11H12N2S. The molecule has 0 aliphatic heterocycles. The molecule has 14 heavy (non-hydrogen) atoms. The molecule has 0 unspecified atom stereocenters. The summed E-state index contributed by atoms with van der Waals surface area (Å²) in [5, 5.41) is 0. The number of nitrogens with two attached hydrogens (primary N) is 1. The van der Waals surface area contributed by atoms with Crippen LogP contribution in [0.4, 0.5) is 0 Å². The molecule has 0 radical (unpaired) electrons. The summed E-state index contributed by atoms with van der Waals surface area (Å²) >= 11 is 1.67. The summed E-state index contributed by atoms with van der Waals surface area (Å²) in [6.07, 6.45) is 0. The van der Waals surface area contributed by atoms with Crippen LogP contribution in [0, 0.1) is 6.92 Å². The van der Waals surface area contributed by atoms with Gasteiger partial charge in [-0.3, -0.25) is 0 Å². The molecule has 0 saturated heterocycles. The third kappa shape index (κ3) is 1.69. The van der Waals surface area contributed by atoms with Gasteiger partial charge >= 0.3 is 0 Å². The van der Waals surface area contributed by atoms with Gasteiger partial charge < -0.3 is 5.73 Å². The minimum absolute atomic E-state index is 0.580. The van der Waals surface area contributed by atoms with Crippen LogP contribution < -0.4 is 5.73 Å². The van der Waals surface area contributed by atoms with Crippen molar-refractivity contribution in [1.82, 2.24) is 4.98 Å². The summed E-state index contributed by atoms with van der Waals surface area (Å²) in [6, 6.07) is 8.23. The van der Waals surface area contributed by atoms with Gasteiger partial charge in [0.2, 0.25) is 0 Å². The number of benzene rings is 1. The first kappa shape index (κ1) is 9.37. The SMILES string of the molecule is Cc1scnc1-c1cccc(CN)c1. The number of thiazole rings is 1. The van der Waals surface area contributed by atoms with Crippen molar-refractivity contribution in [3.05, 3.63) is 40.2 Å². The molecule has 0 atom stereocenters. The van der Waals surface area contributed by atoms with E-state index < -0.39 is 0 Å². The number of aromatic nitrogens is 1. The van der Waals surface area contributed by atoms with Gasteiger partial charge in [0.05, 0.1) is 11.2 Å². The van der Waals surface area contributed by atoms with E-state index in [-0.39, 0.29) is 0 Å². The first-order valence-corrected chi connectivity index (χ1v) is 5.38. The Balaban J connectivity index is 2.47. The van der Waals surface area contributed by atoms with Crippen LogP contribution in [0.3, 0.4) is 0 Å². The van der Waals surface area contributed by atoms with Crippen molar-refractivity contribution in [3.8, 4) is 11.3 Å². The Morgan fingerprint density at radius 2 is 2.29 bits per heavy atom. The fourth-order valence-corrected chi connectivity index (χ4v) is 2.03. The third-order valence-electron chi connectivity index (χ3n) is 2.18. The molecule has 0 saturated carbocycles. The Morgan fingerprint density at radius 3 is 2.93 bits per heavy atom. The first-order valence-electron chi connectivity index (χ1n) is 4.50. The lowest BCUT2D eigenvalue weighted by molar-refractivity contribution is 1.07. The number of hydrogen-bond donors (Lipinski definition) is 1. The molecule has 0 bridgehead atoms. The van der Waals surface area contributed by atoms with E-state index in [0.717, 1.165) is 16.8 Å². The quantitative estimate of drug-likeness (QED) is 0.816. The highest BCUT2D eigenvalue weighted by Crippen LogP contribution is 2.24. The van der Waals surface area contributed by atoms with Crippen molar-refractivity contribution in [3.63, 3.8) is 0 Å². The zero-order valence-electron chi connectivity index (χ0n) is 8.03. The van der Waals surface area contributed by atoms with Crippen molar-refractivity contribution in [2.45, 2.75) is 13.5 Å². The van der Waals surface area contributed by atoms with Crippen molar-refractivity contribution < 1.29 is 0 Å². The smallest absolute Gasteiger partial charge is 0.0840 e. The van der Waals surface area contributed by atoms with Crippen LogP contribution in [0.15, 0.2) is 29.8 Å². The van der Waals surface area contributed by atoms with Crippen LogP contribution in [0.1, 0.15) is 10.4 Å². The summed E-state index contributed by atoms with van der Waals surface area (Å²) < 4.78 is 0. The summed E-state index contributed by atoms with van der Waals surface area (Å²) in [4.78, 5) is 5.59. The number of aryl methyl sites for hydroxylation is 1. The molecular weight excluding hydrogens is 192 g/mol. The zero-order chi connectivity index (χ0) is 9.97. The van der Waals surface area contributed by atoms with Gasteiger partial charge in [0.15, 0.2) is 0 Å². The van der Waals surface area contributed by atoms with E-state index in [0.29, 0.717) is 6.54 Å². The molecule has 0 spiro atoms. The Kier molecular flexibility index (Phi) is 2.61. The molecule has 0 amide bonds. The summed E-state index contributed by atoms with van der Waals surface area (Å²) in [5.74, 6) is 0. The summed E-state index contributed by atoms with van der Waals surface area (Å²) in [6.45, 7) is 2.67. The maximum absolute atomic E-state index is 5.59. The van der Waals surface area contributed by atoms with Crippen LogP contribution >= 0.6 is 11.3 Å². The fraction of sp³-hybridized carbons (Fsp3) is 0.182. The Labute approximate surface area is 87.4 Å². The van der Waals surface area contributed by atoms with Crippen molar-refractivity contribution >= 4 is 11.3 Å². The third-order valence-corrected chi connectivity index (χ3v) is 2.94. The average Bonchev–Trinajstić information content (AvgIpc) is 2.65. The van der Waals surface area contributed by atoms with E-state index in [4.69, 9.17) is 5.73 Å². The number of nitrogens with zero attached hydrogens (tertiary/aromatic N) is 1.